The van der Waals surface area contributed by atoms with Gasteiger partial charge >= 0.3 is 0 Å². The monoisotopic (exact) mass is 241 g/mol. The summed E-state index contributed by atoms with van der Waals surface area (Å²) >= 11 is 5.84. The lowest BCUT2D eigenvalue weighted by atomic mass is 10.0. The topological polar surface area (TPSA) is 32.3 Å². The van der Waals surface area contributed by atoms with E-state index in [1.165, 1.54) is 5.56 Å². The first-order chi connectivity index (χ1) is 7.54. The number of rotatable bonds is 5. The first kappa shape index (κ1) is 13.5. The van der Waals surface area contributed by atoms with Crippen molar-refractivity contribution in [2.24, 2.45) is 5.92 Å². The number of aliphatic hydroxyl groups is 1. The second-order valence-corrected chi connectivity index (χ2v) is 4.91. The lowest BCUT2D eigenvalue weighted by Gasteiger charge is -2.25. The van der Waals surface area contributed by atoms with Gasteiger partial charge in [-0.15, -0.1) is 0 Å². The molecule has 2 nitrogen and oxygen atoms in total. The van der Waals surface area contributed by atoms with Crippen LogP contribution >= 0.6 is 11.6 Å². The van der Waals surface area contributed by atoms with Gasteiger partial charge in [0.2, 0.25) is 0 Å². The molecular formula is C13H20ClNO. The number of aliphatic hydroxyl groups excluding tert-OH is 1. The van der Waals surface area contributed by atoms with E-state index in [4.69, 9.17) is 11.6 Å². The van der Waals surface area contributed by atoms with Gasteiger partial charge in [-0.1, -0.05) is 37.6 Å². The fourth-order valence-electron chi connectivity index (χ4n) is 1.62. The predicted octanol–water partition coefficient (Wildman–Crippen LogP) is 3.01. The maximum absolute atomic E-state index is 9.25. The molecule has 2 N–H and O–H groups in total. The van der Waals surface area contributed by atoms with Crippen LogP contribution < -0.4 is 5.32 Å². The summed E-state index contributed by atoms with van der Waals surface area (Å²) in [7, 11) is 0. The Labute approximate surface area is 103 Å². The van der Waals surface area contributed by atoms with E-state index in [0.717, 1.165) is 5.02 Å². The first-order valence-electron chi connectivity index (χ1n) is 5.67. The second-order valence-electron chi connectivity index (χ2n) is 4.47. The molecular weight excluding hydrogens is 222 g/mol. The molecule has 0 amide bonds. The molecule has 0 aliphatic carbocycles. The Bertz CT molecular complexity index is 310. The number of halogens is 1. The summed E-state index contributed by atoms with van der Waals surface area (Å²) in [6, 6.07) is 8.14. The molecule has 0 heterocycles. The summed E-state index contributed by atoms with van der Waals surface area (Å²) in [5, 5.41) is 13.4. The SMILES string of the molecule is CC(C)[C@H](CO)N[C@@H](C)c1ccc(Cl)cc1. The van der Waals surface area contributed by atoms with E-state index in [1.54, 1.807) is 0 Å². The fraction of sp³-hybridized carbons (Fsp3) is 0.538. The van der Waals surface area contributed by atoms with Gasteiger partial charge in [-0.25, -0.2) is 0 Å². The molecule has 0 aliphatic rings. The molecule has 16 heavy (non-hydrogen) atoms. The van der Waals surface area contributed by atoms with Gasteiger partial charge < -0.3 is 10.4 Å². The van der Waals surface area contributed by atoms with Crippen molar-refractivity contribution < 1.29 is 5.11 Å². The van der Waals surface area contributed by atoms with Crippen LogP contribution in [0.5, 0.6) is 0 Å². The Balaban J connectivity index is 2.64. The highest BCUT2D eigenvalue weighted by molar-refractivity contribution is 6.30. The molecule has 0 radical (unpaired) electrons. The summed E-state index contributed by atoms with van der Waals surface area (Å²) in [5.41, 5.74) is 1.18. The van der Waals surface area contributed by atoms with Gasteiger partial charge in [-0.2, -0.15) is 0 Å². The minimum absolute atomic E-state index is 0.130. The average Bonchev–Trinajstić information content (AvgIpc) is 2.26. The van der Waals surface area contributed by atoms with Gasteiger partial charge in [0, 0.05) is 17.1 Å². The van der Waals surface area contributed by atoms with Crippen molar-refractivity contribution in [3.63, 3.8) is 0 Å². The largest absolute Gasteiger partial charge is 0.395 e. The van der Waals surface area contributed by atoms with Gasteiger partial charge in [-0.05, 0) is 30.5 Å². The van der Waals surface area contributed by atoms with Crippen LogP contribution in [0.4, 0.5) is 0 Å². The van der Waals surface area contributed by atoms with Gasteiger partial charge in [-0.3, -0.25) is 0 Å². The summed E-state index contributed by atoms with van der Waals surface area (Å²) < 4.78 is 0. The molecule has 0 saturated heterocycles. The van der Waals surface area contributed by atoms with Crippen LogP contribution in [0.2, 0.25) is 5.02 Å². The smallest absolute Gasteiger partial charge is 0.0587 e. The Morgan fingerprint density at radius 2 is 1.75 bits per heavy atom. The highest BCUT2D eigenvalue weighted by Crippen LogP contribution is 2.17. The molecule has 0 aliphatic heterocycles. The molecule has 0 aromatic heterocycles. The summed E-state index contributed by atoms with van der Waals surface area (Å²) in [6.45, 7) is 6.45. The molecule has 1 aromatic rings. The zero-order valence-corrected chi connectivity index (χ0v) is 10.8. The molecule has 1 rings (SSSR count). The lowest BCUT2D eigenvalue weighted by Crippen LogP contribution is -2.38. The van der Waals surface area contributed by atoms with Crippen LogP contribution in [0.3, 0.4) is 0 Å². The van der Waals surface area contributed by atoms with Crippen molar-refractivity contribution in [2.75, 3.05) is 6.61 Å². The molecule has 0 saturated carbocycles. The number of hydrogen-bond donors (Lipinski definition) is 2. The van der Waals surface area contributed by atoms with Crippen LogP contribution in [0.1, 0.15) is 32.4 Å². The van der Waals surface area contributed by atoms with Crippen LogP contribution in [-0.4, -0.2) is 17.8 Å². The Morgan fingerprint density at radius 1 is 1.19 bits per heavy atom. The minimum Gasteiger partial charge on any atom is -0.395 e. The van der Waals surface area contributed by atoms with Crippen molar-refractivity contribution in [1.29, 1.82) is 0 Å². The van der Waals surface area contributed by atoms with E-state index in [-0.39, 0.29) is 18.7 Å². The van der Waals surface area contributed by atoms with Gasteiger partial charge in [0.25, 0.3) is 0 Å². The van der Waals surface area contributed by atoms with Crippen molar-refractivity contribution >= 4 is 11.6 Å². The normalized spacial score (nSPS) is 15.1. The van der Waals surface area contributed by atoms with Crippen molar-refractivity contribution in [3.8, 4) is 0 Å². The molecule has 0 fully saturated rings. The van der Waals surface area contributed by atoms with Crippen LogP contribution in [0, 0.1) is 5.92 Å². The minimum atomic E-state index is 0.130. The van der Waals surface area contributed by atoms with E-state index in [1.807, 2.05) is 24.3 Å². The molecule has 3 heteroatoms. The number of benzene rings is 1. The van der Waals surface area contributed by atoms with Gasteiger partial charge in [0.05, 0.1) is 6.61 Å². The Kier molecular flexibility index (Phi) is 5.26. The van der Waals surface area contributed by atoms with Crippen LogP contribution in [-0.2, 0) is 0 Å². The number of hydrogen-bond acceptors (Lipinski definition) is 2. The third kappa shape index (κ3) is 3.78. The summed E-state index contributed by atoms with van der Waals surface area (Å²) in [4.78, 5) is 0. The quantitative estimate of drug-likeness (QED) is 0.831. The highest BCUT2D eigenvalue weighted by atomic mass is 35.5. The zero-order chi connectivity index (χ0) is 12.1. The fourth-order valence-corrected chi connectivity index (χ4v) is 1.75. The van der Waals surface area contributed by atoms with Crippen molar-refractivity contribution in [3.05, 3.63) is 34.9 Å². The highest BCUT2D eigenvalue weighted by Gasteiger charge is 2.15. The summed E-state index contributed by atoms with van der Waals surface area (Å²) in [5.74, 6) is 0.416. The van der Waals surface area contributed by atoms with E-state index in [2.05, 4.69) is 26.1 Å². The maximum Gasteiger partial charge on any atom is 0.0587 e. The van der Waals surface area contributed by atoms with E-state index >= 15 is 0 Å². The molecule has 0 unspecified atom stereocenters. The molecule has 90 valence electrons. The third-order valence-electron chi connectivity index (χ3n) is 2.84. The van der Waals surface area contributed by atoms with E-state index in [0.29, 0.717) is 5.92 Å². The van der Waals surface area contributed by atoms with E-state index in [9.17, 15) is 5.11 Å². The maximum atomic E-state index is 9.25. The van der Waals surface area contributed by atoms with Crippen molar-refractivity contribution in [1.82, 2.24) is 5.32 Å². The third-order valence-corrected chi connectivity index (χ3v) is 3.09. The molecule has 0 spiro atoms. The Hall–Kier alpha value is -0.570. The first-order valence-corrected chi connectivity index (χ1v) is 6.04. The van der Waals surface area contributed by atoms with Crippen LogP contribution in [0.15, 0.2) is 24.3 Å². The van der Waals surface area contributed by atoms with Crippen molar-refractivity contribution in [2.45, 2.75) is 32.9 Å². The van der Waals surface area contributed by atoms with Gasteiger partial charge in [0.15, 0.2) is 0 Å². The van der Waals surface area contributed by atoms with E-state index < -0.39 is 0 Å². The predicted molar refractivity (Wildman–Crippen MR) is 68.7 cm³/mol. The molecule has 2 atom stereocenters. The summed E-state index contributed by atoms with van der Waals surface area (Å²) in [6.07, 6.45) is 0. The standard InChI is InChI=1S/C13H20ClNO/c1-9(2)13(8-16)15-10(3)11-4-6-12(14)7-5-11/h4-7,9-10,13,15-16H,8H2,1-3H3/t10-,13-/m0/s1. The Morgan fingerprint density at radius 3 is 2.19 bits per heavy atom. The lowest BCUT2D eigenvalue weighted by molar-refractivity contribution is 0.201. The van der Waals surface area contributed by atoms with Crippen LogP contribution in [0.25, 0.3) is 0 Å². The molecule has 0 bridgehead atoms. The van der Waals surface area contributed by atoms with Gasteiger partial charge in [0.1, 0.15) is 0 Å². The average molecular weight is 242 g/mol. The number of nitrogens with one attached hydrogen (secondary N) is 1. The zero-order valence-electron chi connectivity index (χ0n) is 10.1. The molecule has 1 aromatic carbocycles. The second kappa shape index (κ2) is 6.24.